The van der Waals surface area contributed by atoms with Crippen LogP contribution in [-0.2, 0) is 4.79 Å². The number of benzene rings is 1. The summed E-state index contributed by atoms with van der Waals surface area (Å²) < 4.78 is 38.6. The SMILES string of the molecule is CCN(C(=O)c1ccc(C#N)cc1)C1CCN(C(=O)[C@@](C)(O)C(F)(F)F)CC1. The van der Waals surface area contributed by atoms with Crippen LogP contribution in [0.2, 0.25) is 0 Å². The number of alkyl halides is 3. The van der Waals surface area contributed by atoms with Gasteiger partial charge in [-0.2, -0.15) is 18.4 Å². The van der Waals surface area contributed by atoms with Crippen LogP contribution in [0.5, 0.6) is 0 Å². The van der Waals surface area contributed by atoms with Crippen LogP contribution >= 0.6 is 0 Å². The molecule has 0 unspecified atom stereocenters. The van der Waals surface area contributed by atoms with Crippen LogP contribution in [0, 0.1) is 11.3 Å². The van der Waals surface area contributed by atoms with Crippen LogP contribution in [0.25, 0.3) is 0 Å². The van der Waals surface area contributed by atoms with Gasteiger partial charge in [0.15, 0.2) is 0 Å². The van der Waals surface area contributed by atoms with Gasteiger partial charge < -0.3 is 14.9 Å². The Morgan fingerprint density at radius 1 is 1.25 bits per heavy atom. The summed E-state index contributed by atoms with van der Waals surface area (Å²) in [6.07, 6.45) is -4.42. The van der Waals surface area contributed by atoms with E-state index in [2.05, 4.69) is 0 Å². The average molecular weight is 397 g/mol. The molecular weight excluding hydrogens is 375 g/mol. The number of hydrogen-bond acceptors (Lipinski definition) is 4. The highest BCUT2D eigenvalue weighted by Crippen LogP contribution is 2.32. The zero-order valence-electron chi connectivity index (χ0n) is 15.7. The van der Waals surface area contributed by atoms with Gasteiger partial charge >= 0.3 is 6.18 Å². The third-order valence-corrected chi connectivity index (χ3v) is 5.02. The van der Waals surface area contributed by atoms with E-state index in [0.29, 0.717) is 37.4 Å². The fraction of sp³-hybridized carbons (Fsp3) is 0.526. The maximum absolute atomic E-state index is 12.9. The molecule has 6 nitrogen and oxygen atoms in total. The Hall–Kier alpha value is -2.60. The molecular formula is C19H22F3N3O3. The number of nitrogens with zero attached hydrogens (tertiary/aromatic N) is 3. The van der Waals surface area contributed by atoms with Crippen LogP contribution in [0.3, 0.4) is 0 Å². The lowest BCUT2D eigenvalue weighted by Gasteiger charge is -2.40. The summed E-state index contributed by atoms with van der Waals surface area (Å²) in [6, 6.07) is 7.95. The molecule has 2 rings (SSSR count). The zero-order valence-corrected chi connectivity index (χ0v) is 15.7. The Balaban J connectivity index is 2.05. The second-order valence-electron chi connectivity index (χ2n) is 6.87. The van der Waals surface area contributed by atoms with Crippen molar-refractivity contribution in [3.8, 4) is 6.07 Å². The monoisotopic (exact) mass is 397 g/mol. The summed E-state index contributed by atoms with van der Waals surface area (Å²) in [6.45, 7) is 2.69. The van der Waals surface area contributed by atoms with Gasteiger partial charge in [-0.3, -0.25) is 9.59 Å². The number of nitriles is 1. The van der Waals surface area contributed by atoms with Crippen molar-refractivity contribution in [2.75, 3.05) is 19.6 Å². The molecule has 0 radical (unpaired) electrons. The van der Waals surface area contributed by atoms with Gasteiger partial charge in [0.05, 0.1) is 11.6 Å². The first-order valence-corrected chi connectivity index (χ1v) is 8.92. The average Bonchev–Trinajstić information content (AvgIpc) is 2.67. The van der Waals surface area contributed by atoms with Crippen molar-refractivity contribution in [2.45, 2.75) is 44.5 Å². The van der Waals surface area contributed by atoms with Crippen LogP contribution in [0.4, 0.5) is 13.2 Å². The van der Waals surface area contributed by atoms with Crippen molar-refractivity contribution >= 4 is 11.8 Å². The van der Waals surface area contributed by atoms with Crippen molar-refractivity contribution in [3.63, 3.8) is 0 Å². The Labute approximate surface area is 161 Å². The molecule has 1 N–H and O–H groups in total. The first kappa shape index (κ1) is 21.7. The second kappa shape index (κ2) is 8.19. The van der Waals surface area contributed by atoms with Crippen LogP contribution < -0.4 is 0 Å². The number of amides is 2. The highest BCUT2D eigenvalue weighted by atomic mass is 19.4. The maximum Gasteiger partial charge on any atom is 0.426 e. The molecule has 9 heteroatoms. The molecule has 1 aliphatic rings. The third-order valence-electron chi connectivity index (χ3n) is 5.02. The predicted molar refractivity (Wildman–Crippen MR) is 94.1 cm³/mol. The zero-order chi connectivity index (χ0) is 21.1. The van der Waals surface area contributed by atoms with Gasteiger partial charge in [-0.1, -0.05) is 0 Å². The molecule has 0 aromatic heterocycles. The molecule has 0 bridgehead atoms. The molecule has 152 valence electrons. The highest BCUT2D eigenvalue weighted by molar-refractivity contribution is 5.94. The quantitative estimate of drug-likeness (QED) is 0.845. The van der Waals surface area contributed by atoms with E-state index in [4.69, 9.17) is 5.26 Å². The van der Waals surface area contributed by atoms with Gasteiger partial charge in [0, 0.05) is 31.2 Å². The molecule has 0 aliphatic carbocycles. The highest BCUT2D eigenvalue weighted by Gasteiger charge is 2.57. The summed E-state index contributed by atoms with van der Waals surface area (Å²) in [5, 5.41) is 18.4. The van der Waals surface area contributed by atoms with E-state index in [-0.39, 0.29) is 25.0 Å². The number of carbonyl (C=O) groups is 2. The maximum atomic E-state index is 12.9. The molecule has 1 aliphatic heterocycles. The van der Waals surface area contributed by atoms with E-state index < -0.39 is 17.7 Å². The van der Waals surface area contributed by atoms with Crippen LogP contribution in [0.15, 0.2) is 24.3 Å². The lowest BCUT2D eigenvalue weighted by molar-refractivity contribution is -0.250. The number of hydrogen-bond donors (Lipinski definition) is 1. The predicted octanol–water partition coefficient (Wildman–Crippen LogP) is 2.32. The molecule has 1 atom stereocenters. The van der Waals surface area contributed by atoms with E-state index >= 15 is 0 Å². The first-order valence-electron chi connectivity index (χ1n) is 8.92. The van der Waals surface area contributed by atoms with E-state index in [0.717, 1.165) is 4.90 Å². The van der Waals surface area contributed by atoms with Gasteiger partial charge in [0.25, 0.3) is 11.8 Å². The van der Waals surface area contributed by atoms with E-state index in [1.807, 2.05) is 6.07 Å². The van der Waals surface area contributed by atoms with Crippen molar-refractivity contribution in [2.24, 2.45) is 0 Å². The molecule has 0 spiro atoms. The van der Waals surface area contributed by atoms with Gasteiger partial charge in [-0.15, -0.1) is 0 Å². The number of halogens is 3. The minimum Gasteiger partial charge on any atom is -0.373 e. The first-order chi connectivity index (χ1) is 13.0. The van der Waals surface area contributed by atoms with Gasteiger partial charge in [-0.05, 0) is 51.0 Å². The molecule has 1 heterocycles. The topological polar surface area (TPSA) is 84.6 Å². The second-order valence-corrected chi connectivity index (χ2v) is 6.87. The van der Waals surface area contributed by atoms with Gasteiger partial charge in [0.1, 0.15) is 0 Å². The third kappa shape index (κ3) is 4.28. The summed E-state index contributed by atoms with van der Waals surface area (Å²) in [5.74, 6) is -1.61. The molecule has 1 saturated heterocycles. The standard InChI is InChI=1S/C19H22F3N3O3/c1-3-25(16(26)14-6-4-13(12-23)5-7-14)15-8-10-24(11-9-15)17(27)18(2,28)19(20,21)22/h4-7,15,28H,3,8-11H2,1-2H3/t18-/m1/s1. The van der Waals surface area contributed by atoms with Crippen molar-refractivity contribution in [3.05, 3.63) is 35.4 Å². The Morgan fingerprint density at radius 2 is 1.79 bits per heavy atom. The van der Waals surface area contributed by atoms with E-state index in [9.17, 15) is 27.9 Å². The fourth-order valence-electron chi connectivity index (χ4n) is 3.23. The van der Waals surface area contributed by atoms with Crippen LogP contribution in [-0.4, -0.2) is 64.2 Å². The fourth-order valence-corrected chi connectivity index (χ4v) is 3.23. The minimum atomic E-state index is -5.05. The molecule has 2 amide bonds. The van der Waals surface area contributed by atoms with Crippen molar-refractivity contribution in [1.29, 1.82) is 5.26 Å². The number of rotatable bonds is 4. The molecule has 28 heavy (non-hydrogen) atoms. The normalized spacial score (nSPS) is 17.5. The number of aliphatic hydroxyl groups is 1. The summed E-state index contributed by atoms with van der Waals surface area (Å²) in [5.41, 5.74) is -2.58. The Kier molecular flexibility index (Phi) is 6.34. The largest absolute Gasteiger partial charge is 0.426 e. The van der Waals surface area contributed by atoms with Crippen molar-refractivity contribution in [1.82, 2.24) is 9.80 Å². The molecule has 0 saturated carbocycles. The van der Waals surface area contributed by atoms with Crippen LogP contribution in [0.1, 0.15) is 42.6 Å². The minimum absolute atomic E-state index is 0.0207. The summed E-state index contributed by atoms with van der Waals surface area (Å²) in [7, 11) is 0. The van der Waals surface area contributed by atoms with Gasteiger partial charge in [-0.25, -0.2) is 0 Å². The Bertz CT molecular complexity index is 761. The van der Waals surface area contributed by atoms with E-state index in [1.54, 1.807) is 36.1 Å². The smallest absolute Gasteiger partial charge is 0.373 e. The Morgan fingerprint density at radius 3 is 2.21 bits per heavy atom. The number of likely N-dealkylation sites (tertiary alicyclic amines) is 1. The number of carbonyl (C=O) groups excluding carboxylic acids is 2. The molecule has 1 aromatic carbocycles. The van der Waals surface area contributed by atoms with E-state index in [1.165, 1.54) is 0 Å². The molecule has 1 fully saturated rings. The lowest BCUT2D eigenvalue weighted by atomic mass is 9.98. The number of piperidine rings is 1. The van der Waals surface area contributed by atoms with Crippen molar-refractivity contribution < 1.29 is 27.9 Å². The lowest BCUT2D eigenvalue weighted by Crippen LogP contribution is -2.58. The summed E-state index contributed by atoms with van der Waals surface area (Å²) >= 11 is 0. The summed E-state index contributed by atoms with van der Waals surface area (Å²) in [4.78, 5) is 27.4. The van der Waals surface area contributed by atoms with Gasteiger partial charge in [0.2, 0.25) is 5.60 Å². The molecule has 1 aromatic rings.